The number of unbranched alkanes of at least 4 members (excludes halogenated alkanes) is 1. The molecule has 1 rings (SSSR count). The molecule has 1 aromatic rings. The van der Waals surface area contributed by atoms with Crippen molar-refractivity contribution in [1.82, 2.24) is 9.97 Å². The van der Waals surface area contributed by atoms with E-state index in [9.17, 15) is 0 Å². The molecular weight excluding hydrogens is 224 g/mol. The Kier molecular flexibility index (Phi) is 5.89. The molecule has 1 N–H and O–H groups in total. The SMILES string of the molecule is CCCCN(CC)c1ncnc(NC)c1C(C)C. The van der Waals surface area contributed by atoms with Crippen LogP contribution in [-0.2, 0) is 0 Å². The van der Waals surface area contributed by atoms with Gasteiger partial charge in [0.15, 0.2) is 0 Å². The zero-order chi connectivity index (χ0) is 13.5. The van der Waals surface area contributed by atoms with Gasteiger partial charge in [-0.05, 0) is 19.3 Å². The van der Waals surface area contributed by atoms with Crippen LogP contribution in [0.25, 0.3) is 0 Å². The smallest absolute Gasteiger partial charge is 0.137 e. The molecule has 0 aliphatic heterocycles. The second-order valence-corrected chi connectivity index (χ2v) is 4.80. The highest BCUT2D eigenvalue weighted by atomic mass is 15.2. The first kappa shape index (κ1) is 14.7. The Morgan fingerprint density at radius 2 is 2.00 bits per heavy atom. The molecule has 4 heteroatoms. The maximum atomic E-state index is 4.51. The molecule has 18 heavy (non-hydrogen) atoms. The fourth-order valence-electron chi connectivity index (χ4n) is 2.13. The molecule has 4 nitrogen and oxygen atoms in total. The third-order valence-electron chi connectivity index (χ3n) is 3.14. The van der Waals surface area contributed by atoms with E-state index in [1.165, 1.54) is 18.4 Å². The molecule has 0 spiro atoms. The second kappa shape index (κ2) is 7.19. The van der Waals surface area contributed by atoms with Gasteiger partial charge in [0.2, 0.25) is 0 Å². The summed E-state index contributed by atoms with van der Waals surface area (Å²) in [5.41, 5.74) is 1.22. The van der Waals surface area contributed by atoms with Crippen molar-refractivity contribution in [2.24, 2.45) is 0 Å². The summed E-state index contributed by atoms with van der Waals surface area (Å²) in [6.45, 7) is 10.8. The molecular formula is C14H26N4. The summed E-state index contributed by atoms with van der Waals surface area (Å²) in [7, 11) is 1.92. The molecule has 0 radical (unpaired) electrons. The Balaban J connectivity index is 3.12. The number of anilines is 2. The normalized spacial score (nSPS) is 10.8. The molecule has 0 saturated carbocycles. The van der Waals surface area contributed by atoms with Crippen LogP contribution < -0.4 is 10.2 Å². The molecule has 102 valence electrons. The van der Waals surface area contributed by atoms with Crippen LogP contribution in [0.5, 0.6) is 0 Å². The van der Waals surface area contributed by atoms with Crippen molar-refractivity contribution in [3.63, 3.8) is 0 Å². The third-order valence-corrected chi connectivity index (χ3v) is 3.14. The lowest BCUT2D eigenvalue weighted by atomic mass is 10.0. The average molecular weight is 250 g/mol. The van der Waals surface area contributed by atoms with Crippen molar-refractivity contribution in [2.45, 2.75) is 46.5 Å². The van der Waals surface area contributed by atoms with E-state index in [0.717, 1.165) is 24.7 Å². The lowest BCUT2D eigenvalue weighted by Crippen LogP contribution is -2.27. The number of aromatic nitrogens is 2. The molecule has 0 aromatic carbocycles. The second-order valence-electron chi connectivity index (χ2n) is 4.80. The molecule has 0 unspecified atom stereocenters. The number of nitrogens with zero attached hydrogens (tertiary/aromatic N) is 3. The van der Waals surface area contributed by atoms with Gasteiger partial charge in [-0.15, -0.1) is 0 Å². The molecule has 0 aliphatic rings. The maximum Gasteiger partial charge on any atom is 0.137 e. The van der Waals surface area contributed by atoms with Gasteiger partial charge in [0, 0.05) is 25.7 Å². The summed E-state index contributed by atoms with van der Waals surface area (Å²) in [6.07, 6.45) is 4.06. The van der Waals surface area contributed by atoms with Gasteiger partial charge in [-0.25, -0.2) is 9.97 Å². The Hall–Kier alpha value is -1.32. The van der Waals surface area contributed by atoms with Crippen LogP contribution in [0.15, 0.2) is 6.33 Å². The van der Waals surface area contributed by atoms with E-state index in [1.807, 2.05) is 7.05 Å². The van der Waals surface area contributed by atoms with Crippen LogP contribution in [0.2, 0.25) is 0 Å². The molecule has 0 fully saturated rings. The van der Waals surface area contributed by atoms with Crippen molar-refractivity contribution in [3.8, 4) is 0 Å². The van der Waals surface area contributed by atoms with E-state index >= 15 is 0 Å². The molecule has 1 heterocycles. The minimum atomic E-state index is 0.416. The van der Waals surface area contributed by atoms with E-state index < -0.39 is 0 Å². The Bertz CT molecular complexity index is 363. The van der Waals surface area contributed by atoms with Crippen LogP contribution in [0.3, 0.4) is 0 Å². The van der Waals surface area contributed by atoms with E-state index in [2.05, 4.69) is 47.9 Å². The van der Waals surface area contributed by atoms with Crippen LogP contribution in [-0.4, -0.2) is 30.1 Å². The predicted molar refractivity (Wildman–Crippen MR) is 78.5 cm³/mol. The molecule has 1 aromatic heterocycles. The largest absolute Gasteiger partial charge is 0.373 e. The zero-order valence-corrected chi connectivity index (χ0v) is 12.3. The van der Waals surface area contributed by atoms with Gasteiger partial charge < -0.3 is 10.2 Å². The standard InChI is InChI=1S/C14H26N4/c1-6-8-9-18(7-2)14-12(11(3)4)13(15-5)16-10-17-14/h10-11H,6-9H2,1-5H3,(H,15,16,17). The first-order valence-corrected chi connectivity index (χ1v) is 6.93. The summed E-state index contributed by atoms with van der Waals surface area (Å²) in [5.74, 6) is 2.45. The maximum absolute atomic E-state index is 4.51. The van der Waals surface area contributed by atoms with Gasteiger partial charge in [0.05, 0.1) is 0 Å². The lowest BCUT2D eigenvalue weighted by molar-refractivity contribution is 0.711. The Labute approximate surface area is 111 Å². The number of hydrogen-bond donors (Lipinski definition) is 1. The molecule has 0 amide bonds. The summed E-state index contributed by atoms with van der Waals surface area (Å²) in [5, 5.41) is 3.17. The fraction of sp³-hybridized carbons (Fsp3) is 0.714. The van der Waals surface area contributed by atoms with Crippen molar-refractivity contribution >= 4 is 11.6 Å². The predicted octanol–water partition coefficient (Wildman–Crippen LogP) is 3.27. The van der Waals surface area contributed by atoms with E-state index in [4.69, 9.17) is 0 Å². The minimum absolute atomic E-state index is 0.416. The number of hydrogen-bond acceptors (Lipinski definition) is 4. The molecule has 0 atom stereocenters. The highest BCUT2D eigenvalue weighted by molar-refractivity contribution is 5.60. The number of rotatable bonds is 7. The summed E-state index contributed by atoms with van der Waals surface area (Å²) in [4.78, 5) is 11.2. The Morgan fingerprint density at radius 1 is 1.28 bits per heavy atom. The monoisotopic (exact) mass is 250 g/mol. The quantitative estimate of drug-likeness (QED) is 0.806. The van der Waals surface area contributed by atoms with Gasteiger partial charge in [-0.2, -0.15) is 0 Å². The van der Waals surface area contributed by atoms with Gasteiger partial charge in [-0.3, -0.25) is 0 Å². The van der Waals surface area contributed by atoms with Crippen LogP contribution >= 0.6 is 0 Å². The first-order chi connectivity index (χ1) is 8.65. The highest BCUT2D eigenvalue weighted by Crippen LogP contribution is 2.30. The fourth-order valence-corrected chi connectivity index (χ4v) is 2.13. The molecule has 0 saturated heterocycles. The molecule has 0 aliphatic carbocycles. The first-order valence-electron chi connectivity index (χ1n) is 6.93. The van der Waals surface area contributed by atoms with Gasteiger partial charge in [0.25, 0.3) is 0 Å². The van der Waals surface area contributed by atoms with Crippen molar-refractivity contribution in [1.29, 1.82) is 0 Å². The van der Waals surface area contributed by atoms with Crippen molar-refractivity contribution in [3.05, 3.63) is 11.9 Å². The number of nitrogens with one attached hydrogen (secondary N) is 1. The van der Waals surface area contributed by atoms with E-state index in [0.29, 0.717) is 5.92 Å². The zero-order valence-electron chi connectivity index (χ0n) is 12.3. The highest BCUT2D eigenvalue weighted by Gasteiger charge is 2.17. The third kappa shape index (κ3) is 3.34. The Morgan fingerprint density at radius 3 is 2.50 bits per heavy atom. The molecule has 0 bridgehead atoms. The van der Waals surface area contributed by atoms with Crippen molar-refractivity contribution in [2.75, 3.05) is 30.4 Å². The van der Waals surface area contributed by atoms with Crippen LogP contribution in [0, 0.1) is 0 Å². The summed E-state index contributed by atoms with van der Waals surface area (Å²) < 4.78 is 0. The topological polar surface area (TPSA) is 41.1 Å². The van der Waals surface area contributed by atoms with Crippen LogP contribution in [0.1, 0.15) is 52.0 Å². The van der Waals surface area contributed by atoms with E-state index in [1.54, 1.807) is 6.33 Å². The van der Waals surface area contributed by atoms with Gasteiger partial charge in [0.1, 0.15) is 18.0 Å². The van der Waals surface area contributed by atoms with Gasteiger partial charge >= 0.3 is 0 Å². The average Bonchev–Trinajstić information content (AvgIpc) is 2.38. The summed E-state index contributed by atoms with van der Waals surface area (Å²) in [6, 6.07) is 0. The summed E-state index contributed by atoms with van der Waals surface area (Å²) >= 11 is 0. The van der Waals surface area contributed by atoms with Crippen LogP contribution in [0.4, 0.5) is 11.6 Å². The van der Waals surface area contributed by atoms with Crippen molar-refractivity contribution < 1.29 is 0 Å². The van der Waals surface area contributed by atoms with Gasteiger partial charge in [-0.1, -0.05) is 27.2 Å². The minimum Gasteiger partial charge on any atom is -0.373 e. The lowest BCUT2D eigenvalue weighted by Gasteiger charge is -2.26. The van der Waals surface area contributed by atoms with E-state index in [-0.39, 0.29) is 0 Å².